The molecule has 0 aromatic carbocycles. The normalized spacial score (nSPS) is 12.4. The Morgan fingerprint density at radius 1 is 1.71 bits per heavy atom. The van der Waals surface area contributed by atoms with Gasteiger partial charge in [-0.1, -0.05) is 0 Å². The molecule has 0 saturated carbocycles. The van der Waals surface area contributed by atoms with Crippen molar-refractivity contribution in [3.8, 4) is 0 Å². The van der Waals surface area contributed by atoms with Crippen LogP contribution in [0.3, 0.4) is 0 Å². The Morgan fingerprint density at radius 3 is 3.00 bits per heavy atom. The van der Waals surface area contributed by atoms with E-state index in [1.54, 1.807) is 11.8 Å². The molecule has 1 rings (SSSR count). The third kappa shape index (κ3) is 3.45. The number of carbonyl (C=O) groups is 1. The number of aromatic nitrogens is 2. The first-order valence-corrected chi connectivity index (χ1v) is 5.71. The molecule has 3 N–H and O–H groups in total. The molecule has 1 unspecified atom stereocenters. The number of nitrogens with zero attached hydrogens (tertiary/aromatic N) is 2. The summed E-state index contributed by atoms with van der Waals surface area (Å²) in [6.45, 7) is 5.08. The fourth-order valence-electron chi connectivity index (χ4n) is 1.55. The van der Waals surface area contributed by atoms with Crippen molar-refractivity contribution in [1.29, 1.82) is 0 Å². The molecule has 0 bridgehead atoms. The second kappa shape index (κ2) is 6.24. The number of amides is 1. The van der Waals surface area contributed by atoms with Crippen molar-refractivity contribution in [3.63, 3.8) is 0 Å². The largest absolute Gasteiger partial charge is 0.396 e. The van der Waals surface area contributed by atoms with Crippen LogP contribution in [0.5, 0.6) is 0 Å². The summed E-state index contributed by atoms with van der Waals surface area (Å²) >= 11 is 0. The first-order valence-electron chi connectivity index (χ1n) is 5.71. The maximum Gasteiger partial charge on any atom is 0.271 e. The standard InChI is InChI=1S/C11H20N4O2/c1-4-15-10(9(12)7-13-15)11(16)14-8(2)5-6-17-3/h7-8H,4-6,12H2,1-3H3,(H,14,16). The van der Waals surface area contributed by atoms with Crippen LogP contribution in [0.15, 0.2) is 6.20 Å². The highest BCUT2D eigenvalue weighted by molar-refractivity contribution is 5.97. The summed E-state index contributed by atoms with van der Waals surface area (Å²) in [5.41, 5.74) is 6.56. The predicted octanol–water partition coefficient (Wildman–Crippen LogP) is 0.640. The molecule has 1 amide bonds. The SMILES string of the molecule is CCn1ncc(N)c1C(=O)NC(C)CCOC. The van der Waals surface area contributed by atoms with Gasteiger partial charge in [-0.15, -0.1) is 0 Å². The minimum absolute atomic E-state index is 0.0436. The zero-order valence-electron chi connectivity index (χ0n) is 10.6. The second-order valence-corrected chi connectivity index (χ2v) is 3.92. The van der Waals surface area contributed by atoms with Gasteiger partial charge in [0.05, 0.1) is 11.9 Å². The molecule has 0 saturated heterocycles. The number of rotatable bonds is 6. The van der Waals surface area contributed by atoms with E-state index < -0.39 is 0 Å². The molecule has 6 nitrogen and oxygen atoms in total. The van der Waals surface area contributed by atoms with Crippen molar-refractivity contribution in [3.05, 3.63) is 11.9 Å². The Balaban J connectivity index is 2.66. The van der Waals surface area contributed by atoms with Gasteiger partial charge in [0.2, 0.25) is 0 Å². The van der Waals surface area contributed by atoms with Crippen LogP contribution >= 0.6 is 0 Å². The Kier molecular flexibility index (Phi) is 4.96. The molecule has 0 aliphatic rings. The molecule has 6 heteroatoms. The molecule has 1 heterocycles. The van der Waals surface area contributed by atoms with E-state index in [4.69, 9.17) is 10.5 Å². The van der Waals surface area contributed by atoms with E-state index >= 15 is 0 Å². The Bertz CT molecular complexity index is 376. The topological polar surface area (TPSA) is 82.2 Å². The molecule has 96 valence electrons. The van der Waals surface area contributed by atoms with Gasteiger partial charge in [-0.3, -0.25) is 9.48 Å². The van der Waals surface area contributed by atoms with Gasteiger partial charge in [0, 0.05) is 26.3 Å². The van der Waals surface area contributed by atoms with Crippen LogP contribution in [0.2, 0.25) is 0 Å². The number of nitrogen functional groups attached to an aromatic ring is 1. The minimum atomic E-state index is -0.189. The van der Waals surface area contributed by atoms with Gasteiger partial charge in [0.25, 0.3) is 5.91 Å². The monoisotopic (exact) mass is 240 g/mol. The summed E-state index contributed by atoms with van der Waals surface area (Å²) in [6, 6.07) is 0.0436. The fraction of sp³-hybridized carbons (Fsp3) is 0.636. The summed E-state index contributed by atoms with van der Waals surface area (Å²) in [6.07, 6.45) is 2.26. The van der Waals surface area contributed by atoms with Crippen molar-refractivity contribution in [2.45, 2.75) is 32.9 Å². The Labute approximate surface area is 101 Å². The lowest BCUT2D eigenvalue weighted by molar-refractivity contribution is 0.0920. The zero-order chi connectivity index (χ0) is 12.8. The summed E-state index contributed by atoms with van der Waals surface area (Å²) in [7, 11) is 1.64. The average Bonchev–Trinajstić information content (AvgIpc) is 2.67. The first-order chi connectivity index (χ1) is 8.10. The average molecular weight is 240 g/mol. The molecule has 1 aromatic heterocycles. The van der Waals surface area contributed by atoms with Crippen molar-refractivity contribution < 1.29 is 9.53 Å². The van der Waals surface area contributed by atoms with Crippen molar-refractivity contribution >= 4 is 11.6 Å². The molecular weight excluding hydrogens is 220 g/mol. The number of hydrogen-bond acceptors (Lipinski definition) is 4. The lowest BCUT2D eigenvalue weighted by Gasteiger charge is -2.14. The van der Waals surface area contributed by atoms with E-state index in [9.17, 15) is 4.79 Å². The Morgan fingerprint density at radius 2 is 2.41 bits per heavy atom. The summed E-state index contributed by atoms with van der Waals surface area (Å²) in [5, 5.41) is 6.90. The number of anilines is 1. The molecule has 0 fully saturated rings. The van der Waals surface area contributed by atoms with E-state index in [1.807, 2.05) is 13.8 Å². The lowest BCUT2D eigenvalue weighted by atomic mass is 10.2. The van der Waals surface area contributed by atoms with Gasteiger partial charge in [-0.05, 0) is 20.3 Å². The molecule has 1 atom stereocenters. The summed E-state index contributed by atoms with van der Waals surface area (Å²) < 4.78 is 6.55. The predicted molar refractivity (Wildman–Crippen MR) is 65.7 cm³/mol. The highest BCUT2D eigenvalue weighted by Gasteiger charge is 2.17. The van der Waals surface area contributed by atoms with Gasteiger partial charge in [-0.25, -0.2) is 0 Å². The summed E-state index contributed by atoms with van der Waals surface area (Å²) in [4.78, 5) is 12.0. The molecule has 0 radical (unpaired) electrons. The maximum atomic E-state index is 12.0. The van der Waals surface area contributed by atoms with E-state index in [0.717, 1.165) is 6.42 Å². The highest BCUT2D eigenvalue weighted by Crippen LogP contribution is 2.10. The number of nitrogens with one attached hydrogen (secondary N) is 1. The zero-order valence-corrected chi connectivity index (χ0v) is 10.6. The van der Waals surface area contributed by atoms with Gasteiger partial charge < -0.3 is 15.8 Å². The van der Waals surface area contributed by atoms with E-state index in [-0.39, 0.29) is 11.9 Å². The number of hydrogen-bond donors (Lipinski definition) is 2. The van der Waals surface area contributed by atoms with Gasteiger partial charge in [0.1, 0.15) is 5.69 Å². The van der Waals surface area contributed by atoms with Gasteiger partial charge in [-0.2, -0.15) is 5.10 Å². The van der Waals surface area contributed by atoms with Crippen molar-refractivity contribution in [1.82, 2.24) is 15.1 Å². The number of methoxy groups -OCH3 is 1. The summed E-state index contributed by atoms with van der Waals surface area (Å²) in [5.74, 6) is -0.189. The molecule has 1 aromatic rings. The number of aryl methyl sites for hydroxylation is 1. The van der Waals surface area contributed by atoms with Crippen LogP contribution in [0.1, 0.15) is 30.8 Å². The van der Waals surface area contributed by atoms with Crippen molar-refractivity contribution in [2.75, 3.05) is 19.5 Å². The van der Waals surface area contributed by atoms with Gasteiger partial charge >= 0.3 is 0 Å². The molecule has 0 spiro atoms. The third-order valence-corrected chi connectivity index (χ3v) is 2.51. The van der Waals surface area contributed by atoms with Crippen LogP contribution in [0.4, 0.5) is 5.69 Å². The van der Waals surface area contributed by atoms with E-state index in [2.05, 4.69) is 10.4 Å². The third-order valence-electron chi connectivity index (χ3n) is 2.51. The van der Waals surface area contributed by atoms with Crippen LogP contribution in [-0.2, 0) is 11.3 Å². The Hall–Kier alpha value is -1.56. The molecule has 0 aliphatic carbocycles. The molecule has 0 aliphatic heterocycles. The number of carbonyl (C=O) groups excluding carboxylic acids is 1. The van der Waals surface area contributed by atoms with Crippen LogP contribution < -0.4 is 11.1 Å². The second-order valence-electron chi connectivity index (χ2n) is 3.92. The fourth-order valence-corrected chi connectivity index (χ4v) is 1.55. The van der Waals surface area contributed by atoms with Crippen LogP contribution in [-0.4, -0.2) is 35.4 Å². The quantitative estimate of drug-likeness (QED) is 0.764. The molecule has 17 heavy (non-hydrogen) atoms. The smallest absolute Gasteiger partial charge is 0.271 e. The van der Waals surface area contributed by atoms with Crippen molar-refractivity contribution in [2.24, 2.45) is 0 Å². The van der Waals surface area contributed by atoms with Crippen LogP contribution in [0, 0.1) is 0 Å². The first kappa shape index (κ1) is 13.5. The lowest BCUT2D eigenvalue weighted by Crippen LogP contribution is -2.35. The highest BCUT2D eigenvalue weighted by atomic mass is 16.5. The van der Waals surface area contributed by atoms with E-state index in [0.29, 0.717) is 24.5 Å². The van der Waals surface area contributed by atoms with Crippen LogP contribution in [0.25, 0.3) is 0 Å². The number of ether oxygens (including phenoxy) is 1. The number of nitrogens with two attached hydrogens (primary N) is 1. The van der Waals surface area contributed by atoms with E-state index in [1.165, 1.54) is 6.20 Å². The minimum Gasteiger partial charge on any atom is -0.396 e. The molecular formula is C11H20N4O2. The van der Waals surface area contributed by atoms with Gasteiger partial charge in [0.15, 0.2) is 0 Å². The maximum absolute atomic E-state index is 12.0.